The van der Waals surface area contributed by atoms with Crippen LogP contribution in [0.4, 0.5) is 0 Å². The molecule has 0 bridgehead atoms. The number of aromatic nitrogens is 5. The minimum absolute atomic E-state index is 0.472. The van der Waals surface area contributed by atoms with Crippen LogP contribution in [0.25, 0.3) is 188 Å². The summed E-state index contributed by atoms with van der Waals surface area (Å²) < 4.78 is 9.94. The second-order valence-electron chi connectivity index (χ2n) is 29.0. The van der Waals surface area contributed by atoms with Gasteiger partial charge in [-0.25, -0.2) is 0 Å². The number of pyridine rings is 1. The zero-order valence-corrected chi connectivity index (χ0v) is 59.0. The number of rotatable bonds is 9. The zero-order chi connectivity index (χ0) is 71.6. The van der Waals surface area contributed by atoms with Gasteiger partial charge in [0.2, 0.25) is 0 Å². The lowest BCUT2D eigenvalue weighted by Gasteiger charge is -2.31. The SMILES string of the molecule is N#Cc1c(-n2c3ccccc3c3cc(-c4ccccc4)ccc32)c(-n2c3ccccc3c3cc(-c4ccccc4)ccc32)c(-c2nccc3c2-c2ccccc2C32c3ccccc3-c3ccccc32)c(-n2c3ccccc3c3cc(-c4ccccc4)ccc32)c1-n1c2ccccc2c2cc(-c3ccccc3)ccc21. The number of hydrogen-bond donors (Lipinski definition) is 0. The van der Waals surface area contributed by atoms with Gasteiger partial charge in [-0.1, -0.05) is 291 Å². The Kier molecular flexibility index (Phi) is 13.1. The first kappa shape index (κ1) is 60.7. The monoisotopic (exact) mass is 1380 g/mol. The molecule has 0 saturated heterocycles. The predicted molar refractivity (Wildman–Crippen MR) is 450 cm³/mol. The normalized spacial score (nSPS) is 12.7. The van der Waals surface area contributed by atoms with E-state index in [9.17, 15) is 5.26 Å². The van der Waals surface area contributed by atoms with Crippen molar-refractivity contribution in [3.63, 3.8) is 0 Å². The van der Waals surface area contributed by atoms with Crippen molar-refractivity contribution in [1.82, 2.24) is 23.3 Å². The molecule has 0 radical (unpaired) electrons. The minimum atomic E-state index is -0.761. The number of fused-ring (bicyclic) bond motifs is 22. The first-order valence-electron chi connectivity index (χ1n) is 37.4. The van der Waals surface area contributed by atoms with Crippen LogP contribution in [-0.4, -0.2) is 23.3 Å². The highest BCUT2D eigenvalue weighted by Gasteiger charge is 2.53. The summed E-state index contributed by atoms with van der Waals surface area (Å²) in [4.78, 5) is 6.17. The van der Waals surface area contributed by atoms with E-state index in [0.717, 1.165) is 171 Å². The highest BCUT2D eigenvalue weighted by atomic mass is 15.1. The van der Waals surface area contributed by atoms with Crippen molar-refractivity contribution < 1.29 is 0 Å². The van der Waals surface area contributed by atoms with Crippen LogP contribution < -0.4 is 0 Å². The Hall–Kier alpha value is -14.6. The van der Waals surface area contributed by atoms with Gasteiger partial charge >= 0.3 is 0 Å². The van der Waals surface area contributed by atoms with E-state index in [1.165, 1.54) is 27.8 Å². The summed E-state index contributed by atoms with van der Waals surface area (Å²) in [5.41, 5.74) is 30.3. The van der Waals surface area contributed by atoms with Crippen LogP contribution in [0.1, 0.15) is 27.8 Å². The van der Waals surface area contributed by atoms with Crippen LogP contribution in [-0.2, 0) is 5.41 Å². The predicted octanol–water partition coefficient (Wildman–Crippen LogP) is 26.0. The Labute approximate surface area is 628 Å². The molecule has 1 spiro atoms. The van der Waals surface area contributed by atoms with Crippen LogP contribution in [0.5, 0.6) is 0 Å². The quantitative estimate of drug-likeness (QED) is 0.145. The Bertz CT molecular complexity index is 7090. The van der Waals surface area contributed by atoms with Crippen LogP contribution in [0.15, 0.2) is 376 Å². The maximum absolute atomic E-state index is 13.9. The molecule has 23 rings (SSSR count). The second kappa shape index (κ2) is 23.4. The highest BCUT2D eigenvalue weighted by Crippen LogP contribution is 2.65. The van der Waals surface area contributed by atoms with Gasteiger partial charge in [0, 0.05) is 54.9 Å². The average Bonchev–Trinajstić information content (AvgIpc) is 1.51. The molecule has 504 valence electrons. The summed E-state index contributed by atoms with van der Waals surface area (Å²) >= 11 is 0. The maximum Gasteiger partial charge on any atom is 0.104 e. The van der Waals surface area contributed by atoms with Gasteiger partial charge in [0.15, 0.2) is 0 Å². The third-order valence-corrected chi connectivity index (χ3v) is 23.7. The highest BCUT2D eigenvalue weighted by molar-refractivity contribution is 6.19. The molecule has 109 heavy (non-hydrogen) atoms. The summed E-state index contributed by atoms with van der Waals surface area (Å²) in [6.07, 6.45) is 2.09. The number of nitrogens with zero attached hydrogens (tertiary/aromatic N) is 6. The molecule has 2 aliphatic rings. The number of nitriles is 1. The van der Waals surface area contributed by atoms with E-state index < -0.39 is 5.41 Å². The van der Waals surface area contributed by atoms with E-state index in [2.05, 4.69) is 401 Å². The van der Waals surface area contributed by atoms with Crippen LogP contribution in [0.3, 0.4) is 0 Å². The molecule has 0 unspecified atom stereocenters. The molecule has 0 fully saturated rings. The molecule has 5 aromatic heterocycles. The van der Waals surface area contributed by atoms with Gasteiger partial charge in [0.25, 0.3) is 0 Å². The zero-order valence-electron chi connectivity index (χ0n) is 59.0. The topological polar surface area (TPSA) is 56.4 Å². The van der Waals surface area contributed by atoms with Crippen LogP contribution in [0.2, 0.25) is 0 Å². The average molecular weight is 1380 g/mol. The van der Waals surface area contributed by atoms with Crippen molar-refractivity contribution in [2.45, 2.75) is 5.41 Å². The Balaban J connectivity index is 1.01. The maximum atomic E-state index is 13.9. The summed E-state index contributed by atoms with van der Waals surface area (Å²) in [6.45, 7) is 0. The molecule has 6 heteroatoms. The fourth-order valence-corrected chi connectivity index (χ4v) is 19.2. The summed E-state index contributed by atoms with van der Waals surface area (Å²) in [5, 5.41) is 22.4. The summed E-state index contributed by atoms with van der Waals surface area (Å²) in [6, 6.07) is 139. The minimum Gasteiger partial charge on any atom is -0.306 e. The van der Waals surface area contributed by atoms with Gasteiger partial charge in [-0.2, -0.15) is 5.26 Å². The molecule has 0 atom stereocenters. The molecule has 5 heterocycles. The fraction of sp³-hybridized carbons (Fsp3) is 0.00971. The lowest BCUT2D eigenvalue weighted by atomic mass is 9.70. The molecular weight excluding hydrogens is 1320 g/mol. The second-order valence-corrected chi connectivity index (χ2v) is 29.0. The Morgan fingerprint density at radius 1 is 0.229 bits per heavy atom. The van der Waals surface area contributed by atoms with E-state index in [1.807, 2.05) is 0 Å². The van der Waals surface area contributed by atoms with Crippen molar-refractivity contribution in [2.24, 2.45) is 0 Å². The summed E-state index contributed by atoms with van der Waals surface area (Å²) in [5.74, 6) is 0. The molecule has 6 nitrogen and oxygen atoms in total. The number of hydrogen-bond acceptors (Lipinski definition) is 2. The van der Waals surface area contributed by atoms with E-state index in [-0.39, 0.29) is 0 Å². The third kappa shape index (κ3) is 8.52. The van der Waals surface area contributed by atoms with Gasteiger partial charge in [-0.15, -0.1) is 0 Å². The van der Waals surface area contributed by atoms with Gasteiger partial charge < -0.3 is 18.3 Å². The number of para-hydroxylation sites is 4. The molecule has 0 aliphatic heterocycles. The van der Waals surface area contributed by atoms with Gasteiger partial charge in [-0.3, -0.25) is 4.98 Å². The lowest BCUT2D eigenvalue weighted by Crippen LogP contribution is -2.25. The van der Waals surface area contributed by atoms with E-state index in [4.69, 9.17) is 4.98 Å². The molecule has 0 saturated carbocycles. The van der Waals surface area contributed by atoms with E-state index >= 15 is 0 Å². The molecule has 21 aromatic rings. The molecule has 2 aliphatic carbocycles. The summed E-state index contributed by atoms with van der Waals surface area (Å²) in [7, 11) is 0. The standard InChI is InChI=1S/C103H62N6/c104-63-83-99(106-88-45-23-16-37-74(88)79-59-68(49-53-92(79)106)64-27-5-1-6-28-64)101(108-90-47-25-18-39-76(90)81-61-70(51-55-94(81)108)66-31-9-3-10-32-66)97(98-96-78-41-15-22-44-86(78)103(87(96)57-58-105-98)84-42-20-13-35-72(84)73-36-14-21-43-85(73)103)102(109-91-48-26-19-40-77(91)82-62-71(52-56-95(82)109)67-33-11-4-12-34-67)100(83)107-89-46-24-17-38-75(89)80-60-69(50-54-93(80)107)65-29-7-2-8-30-65/h1-62H. The molecule has 0 N–H and O–H groups in total. The van der Waals surface area contributed by atoms with Crippen LogP contribution in [0, 0.1) is 11.3 Å². The van der Waals surface area contributed by atoms with Gasteiger partial charge in [-0.05, 0) is 162 Å². The number of benzene rings is 16. The first-order chi connectivity index (χ1) is 54.1. The molecule has 16 aromatic carbocycles. The lowest BCUT2D eigenvalue weighted by molar-refractivity contribution is 0.792. The molecule has 0 amide bonds. The Morgan fingerprint density at radius 2 is 0.514 bits per heavy atom. The molecular formula is C103H62N6. The van der Waals surface area contributed by atoms with Crippen molar-refractivity contribution >= 4 is 87.2 Å². The first-order valence-corrected chi connectivity index (χ1v) is 37.4. The van der Waals surface area contributed by atoms with Crippen molar-refractivity contribution in [2.75, 3.05) is 0 Å². The van der Waals surface area contributed by atoms with Crippen LogP contribution >= 0.6 is 0 Å². The van der Waals surface area contributed by atoms with Gasteiger partial charge in [0.1, 0.15) is 11.6 Å². The fourth-order valence-electron chi connectivity index (χ4n) is 19.2. The Morgan fingerprint density at radius 3 is 0.862 bits per heavy atom. The van der Waals surface area contributed by atoms with Crippen molar-refractivity contribution in [3.8, 4) is 107 Å². The van der Waals surface area contributed by atoms with E-state index in [0.29, 0.717) is 16.9 Å². The third-order valence-electron chi connectivity index (χ3n) is 23.7. The largest absolute Gasteiger partial charge is 0.306 e. The van der Waals surface area contributed by atoms with Crippen molar-refractivity contribution in [1.29, 1.82) is 5.26 Å². The van der Waals surface area contributed by atoms with E-state index in [1.54, 1.807) is 0 Å². The smallest absolute Gasteiger partial charge is 0.104 e. The van der Waals surface area contributed by atoms with Crippen molar-refractivity contribution in [3.05, 3.63) is 404 Å². The van der Waals surface area contributed by atoms with Gasteiger partial charge in [0.05, 0.1) is 83.6 Å².